The fourth-order valence-electron chi connectivity index (χ4n) is 2.31. The molecule has 0 unspecified atom stereocenters. The predicted octanol–water partition coefficient (Wildman–Crippen LogP) is 2.53. The van der Waals surface area contributed by atoms with E-state index in [0.29, 0.717) is 12.8 Å². The molecule has 0 heterocycles. The van der Waals surface area contributed by atoms with Crippen LogP contribution in [0.5, 0.6) is 0 Å². The zero-order valence-electron chi connectivity index (χ0n) is 11.3. The molecule has 20 heavy (non-hydrogen) atoms. The molecule has 1 saturated carbocycles. The molecule has 1 aromatic rings. The van der Waals surface area contributed by atoms with Gasteiger partial charge in [-0.05, 0) is 18.4 Å². The quantitative estimate of drug-likeness (QED) is 0.678. The van der Waals surface area contributed by atoms with Crippen molar-refractivity contribution in [3.63, 3.8) is 0 Å². The van der Waals surface area contributed by atoms with Crippen molar-refractivity contribution in [3.8, 4) is 0 Å². The molecule has 0 saturated heterocycles. The molecule has 2 N–H and O–H groups in total. The Hall–Kier alpha value is -1.88. The summed E-state index contributed by atoms with van der Waals surface area (Å²) in [6.07, 6.45) is 2.93. The standard InChI is InChI=1S/C15H19NO4/c16-15(9-5-2-6-10-15)13(17)20-14(18)19-11-12-7-3-1-4-8-12/h1,3-4,7-8H,2,5-6,9-11,16H2. The van der Waals surface area contributed by atoms with Gasteiger partial charge in [0.25, 0.3) is 0 Å². The van der Waals surface area contributed by atoms with Crippen molar-refractivity contribution in [1.29, 1.82) is 0 Å². The van der Waals surface area contributed by atoms with E-state index in [9.17, 15) is 9.59 Å². The minimum Gasteiger partial charge on any atom is -0.429 e. The summed E-state index contributed by atoms with van der Waals surface area (Å²) in [7, 11) is 0. The maximum atomic E-state index is 11.9. The monoisotopic (exact) mass is 277 g/mol. The van der Waals surface area contributed by atoms with E-state index in [0.717, 1.165) is 24.8 Å². The number of carbonyl (C=O) groups is 2. The van der Waals surface area contributed by atoms with Crippen LogP contribution in [-0.2, 0) is 20.9 Å². The normalized spacial score (nSPS) is 17.2. The lowest BCUT2D eigenvalue weighted by Crippen LogP contribution is -2.50. The molecule has 1 fully saturated rings. The van der Waals surface area contributed by atoms with Gasteiger partial charge in [-0.1, -0.05) is 49.6 Å². The second-order valence-corrected chi connectivity index (χ2v) is 5.13. The lowest BCUT2D eigenvalue weighted by atomic mass is 9.83. The van der Waals surface area contributed by atoms with Crippen LogP contribution in [0.3, 0.4) is 0 Å². The molecule has 0 radical (unpaired) electrons. The molecule has 0 bridgehead atoms. The molecule has 0 atom stereocenters. The summed E-state index contributed by atoms with van der Waals surface area (Å²) >= 11 is 0. The van der Waals surface area contributed by atoms with E-state index in [2.05, 4.69) is 4.74 Å². The maximum Gasteiger partial charge on any atom is 0.516 e. The Bertz CT molecular complexity index is 466. The smallest absolute Gasteiger partial charge is 0.429 e. The third-order valence-corrected chi connectivity index (χ3v) is 3.53. The van der Waals surface area contributed by atoms with Crippen LogP contribution >= 0.6 is 0 Å². The third-order valence-electron chi connectivity index (χ3n) is 3.53. The Kier molecular flexibility index (Phi) is 4.74. The fourth-order valence-corrected chi connectivity index (χ4v) is 2.31. The Morgan fingerprint density at radius 2 is 1.75 bits per heavy atom. The first-order valence-corrected chi connectivity index (χ1v) is 6.82. The van der Waals surface area contributed by atoms with E-state index in [1.807, 2.05) is 30.3 Å². The Labute approximate surface area is 118 Å². The highest BCUT2D eigenvalue weighted by atomic mass is 16.7. The molecule has 0 aromatic heterocycles. The van der Waals surface area contributed by atoms with Crippen molar-refractivity contribution < 1.29 is 19.1 Å². The highest BCUT2D eigenvalue weighted by Gasteiger charge is 2.38. The predicted molar refractivity (Wildman–Crippen MR) is 72.7 cm³/mol. The van der Waals surface area contributed by atoms with Gasteiger partial charge in [0.2, 0.25) is 0 Å². The highest BCUT2D eigenvalue weighted by Crippen LogP contribution is 2.27. The van der Waals surface area contributed by atoms with E-state index >= 15 is 0 Å². The molecule has 5 heteroatoms. The lowest BCUT2D eigenvalue weighted by Gasteiger charge is -2.29. The van der Waals surface area contributed by atoms with Crippen molar-refractivity contribution >= 4 is 12.1 Å². The topological polar surface area (TPSA) is 78.6 Å². The van der Waals surface area contributed by atoms with Gasteiger partial charge in [-0.2, -0.15) is 0 Å². The van der Waals surface area contributed by atoms with Crippen molar-refractivity contribution in [1.82, 2.24) is 0 Å². The number of hydrogen-bond donors (Lipinski definition) is 1. The van der Waals surface area contributed by atoms with Gasteiger partial charge < -0.3 is 15.2 Å². The summed E-state index contributed by atoms with van der Waals surface area (Å²) in [5.74, 6) is -0.685. The van der Waals surface area contributed by atoms with Crippen molar-refractivity contribution in [2.45, 2.75) is 44.2 Å². The average molecular weight is 277 g/mol. The van der Waals surface area contributed by atoms with Gasteiger partial charge in [0.05, 0.1) is 0 Å². The van der Waals surface area contributed by atoms with Crippen LogP contribution < -0.4 is 5.73 Å². The van der Waals surface area contributed by atoms with E-state index < -0.39 is 17.7 Å². The second-order valence-electron chi connectivity index (χ2n) is 5.13. The van der Waals surface area contributed by atoms with Gasteiger partial charge in [-0.25, -0.2) is 9.59 Å². The summed E-state index contributed by atoms with van der Waals surface area (Å²) in [5, 5.41) is 0. The van der Waals surface area contributed by atoms with Gasteiger partial charge >= 0.3 is 12.1 Å². The minimum atomic E-state index is -1.04. The van der Waals surface area contributed by atoms with Gasteiger partial charge in [0, 0.05) is 0 Å². The first-order chi connectivity index (χ1) is 9.60. The van der Waals surface area contributed by atoms with Crippen LogP contribution in [-0.4, -0.2) is 17.7 Å². The largest absolute Gasteiger partial charge is 0.516 e. The zero-order chi connectivity index (χ0) is 14.4. The fraction of sp³-hybridized carbons (Fsp3) is 0.467. The van der Waals surface area contributed by atoms with E-state index in [4.69, 9.17) is 10.5 Å². The van der Waals surface area contributed by atoms with E-state index in [1.165, 1.54) is 0 Å². The number of esters is 1. The molecule has 1 aliphatic rings. The van der Waals surface area contributed by atoms with Crippen LogP contribution in [0, 0.1) is 0 Å². The number of benzene rings is 1. The molecule has 1 aliphatic carbocycles. The van der Waals surface area contributed by atoms with Gasteiger partial charge in [0.15, 0.2) is 0 Å². The summed E-state index contributed by atoms with van der Waals surface area (Å²) in [4.78, 5) is 23.4. The minimum absolute atomic E-state index is 0.0739. The number of ether oxygens (including phenoxy) is 2. The molecule has 0 spiro atoms. The van der Waals surface area contributed by atoms with Gasteiger partial charge in [-0.15, -0.1) is 0 Å². The lowest BCUT2D eigenvalue weighted by molar-refractivity contribution is -0.147. The molecule has 5 nitrogen and oxygen atoms in total. The molecule has 0 amide bonds. The van der Waals surface area contributed by atoms with Crippen LogP contribution in [0.2, 0.25) is 0 Å². The van der Waals surface area contributed by atoms with Crippen molar-refractivity contribution in [3.05, 3.63) is 35.9 Å². The molecule has 108 valence electrons. The summed E-state index contributed by atoms with van der Waals surface area (Å²) in [6.45, 7) is 0.0739. The number of carbonyl (C=O) groups excluding carboxylic acids is 2. The Balaban J connectivity index is 1.80. The molecular weight excluding hydrogens is 258 g/mol. The van der Waals surface area contributed by atoms with Crippen LogP contribution in [0.25, 0.3) is 0 Å². The number of hydrogen-bond acceptors (Lipinski definition) is 5. The summed E-state index contributed by atoms with van der Waals surface area (Å²) in [5.41, 5.74) is 5.77. The van der Waals surface area contributed by atoms with Crippen molar-refractivity contribution in [2.24, 2.45) is 5.73 Å². The van der Waals surface area contributed by atoms with E-state index in [-0.39, 0.29) is 6.61 Å². The van der Waals surface area contributed by atoms with Gasteiger partial charge in [0.1, 0.15) is 12.1 Å². The Morgan fingerprint density at radius 3 is 2.40 bits per heavy atom. The first-order valence-electron chi connectivity index (χ1n) is 6.82. The maximum absolute atomic E-state index is 11.9. The number of nitrogens with two attached hydrogens (primary N) is 1. The van der Waals surface area contributed by atoms with E-state index in [1.54, 1.807) is 0 Å². The number of rotatable bonds is 3. The van der Waals surface area contributed by atoms with Crippen LogP contribution in [0.1, 0.15) is 37.7 Å². The molecular formula is C15H19NO4. The average Bonchev–Trinajstić information content (AvgIpc) is 2.47. The SMILES string of the molecule is NC1(C(=O)OC(=O)OCc2ccccc2)CCCCC1. The highest BCUT2D eigenvalue weighted by molar-refractivity contribution is 5.88. The first kappa shape index (κ1) is 14.5. The van der Waals surface area contributed by atoms with Gasteiger partial charge in [-0.3, -0.25) is 0 Å². The summed E-state index contributed by atoms with van der Waals surface area (Å²) < 4.78 is 9.59. The summed E-state index contributed by atoms with van der Waals surface area (Å²) in [6, 6.07) is 9.19. The van der Waals surface area contributed by atoms with Crippen molar-refractivity contribution in [2.75, 3.05) is 0 Å². The van der Waals surface area contributed by atoms with Crippen LogP contribution in [0.4, 0.5) is 4.79 Å². The molecule has 1 aromatic carbocycles. The third kappa shape index (κ3) is 3.81. The molecule has 0 aliphatic heterocycles. The Morgan fingerprint density at radius 1 is 1.10 bits per heavy atom. The zero-order valence-corrected chi connectivity index (χ0v) is 11.3. The second kappa shape index (κ2) is 6.52. The van der Waals surface area contributed by atoms with Crippen LogP contribution in [0.15, 0.2) is 30.3 Å². The molecule has 2 rings (SSSR count).